The number of rotatable bonds is 7. The SMILES string of the molecule is CCCCC(=O)N(c1ccc(NS(C)(=O)=O)cc1)C1CC1. The number of sulfonamides is 1. The highest BCUT2D eigenvalue weighted by molar-refractivity contribution is 7.92. The van der Waals surface area contributed by atoms with E-state index in [9.17, 15) is 13.2 Å². The van der Waals surface area contributed by atoms with Crippen LogP contribution in [0.3, 0.4) is 0 Å². The Morgan fingerprint density at radius 3 is 2.38 bits per heavy atom. The van der Waals surface area contributed by atoms with Crippen molar-refractivity contribution in [1.82, 2.24) is 0 Å². The van der Waals surface area contributed by atoms with Gasteiger partial charge in [-0.25, -0.2) is 8.42 Å². The summed E-state index contributed by atoms with van der Waals surface area (Å²) in [5.74, 6) is 0.156. The van der Waals surface area contributed by atoms with Crippen LogP contribution in [0.5, 0.6) is 0 Å². The first-order chi connectivity index (χ1) is 9.90. The Morgan fingerprint density at radius 1 is 1.29 bits per heavy atom. The summed E-state index contributed by atoms with van der Waals surface area (Å²) < 4.78 is 24.8. The Hall–Kier alpha value is -1.56. The van der Waals surface area contributed by atoms with Gasteiger partial charge in [-0.05, 0) is 43.5 Å². The number of unbranched alkanes of at least 4 members (excludes halogenated alkanes) is 1. The molecule has 1 aromatic carbocycles. The van der Waals surface area contributed by atoms with E-state index in [2.05, 4.69) is 11.6 Å². The van der Waals surface area contributed by atoms with Crippen molar-refractivity contribution >= 4 is 27.3 Å². The molecule has 0 aromatic heterocycles. The lowest BCUT2D eigenvalue weighted by atomic mass is 10.2. The average molecular weight is 310 g/mol. The maximum atomic E-state index is 12.3. The zero-order valence-corrected chi connectivity index (χ0v) is 13.3. The summed E-state index contributed by atoms with van der Waals surface area (Å²) in [6.07, 6.45) is 5.67. The van der Waals surface area contributed by atoms with Gasteiger partial charge < -0.3 is 4.90 Å². The second-order valence-electron chi connectivity index (χ2n) is 5.52. The smallest absolute Gasteiger partial charge is 0.229 e. The first-order valence-electron chi connectivity index (χ1n) is 7.30. The van der Waals surface area contributed by atoms with Crippen molar-refractivity contribution in [3.05, 3.63) is 24.3 Å². The molecule has 5 nitrogen and oxygen atoms in total. The largest absolute Gasteiger partial charge is 0.309 e. The normalized spacial score (nSPS) is 14.8. The van der Waals surface area contributed by atoms with E-state index in [0.717, 1.165) is 37.6 Å². The van der Waals surface area contributed by atoms with Crippen molar-refractivity contribution < 1.29 is 13.2 Å². The fourth-order valence-electron chi connectivity index (χ4n) is 2.24. The first kappa shape index (κ1) is 15.8. The maximum Gasteiger partial charge on any atom is 0.229 e. The number of nitrogens with zero attached hydrogens (tertiary/aromatic N) is 1. The molecule has 0 spiro atoms. The first-order valence-corrected chi connectivity index (χ1v) is 9.20. The van der Waals surface area contributed by atoms with Gasteiger partial charge >= 0.3 is 0 Å². The van der Waals surface area contributed by atoms with Crippen LogP contribution in [0.25, 0.3) is 0 Å². The highest BCUT2D eigenvalue weighted by Gasteiger charge is 2.33. The van der Waals surface area contributed by atoms with Gasteiger partial charge in [-0.2, -0.15) is 0 Å². The number of hydrogen-bond donors (Lipinski definition) is 1. The monoisotopic (exact) mass is 310 g/mol. The molecule has 1 N–H and O–H groups in total. The third-order valence-electron chi connectivity index (χ3n) is 3.37. The van der Waals surface area contributed by atoms with Gasteiger partial charge in [0.25, 0.3) is 0 Å². The minimum Gasteiger partial charge on any atom is -0.309 e. The fourth-order valence-corrected chi connectivity index (χ4v) is 2.81. The van der Waals surface area contributed by atoms with Crippen molar-refractivity contribution in [3.8, 4) is 0 Å². The summed E-state index contributed by atoms with van der Waals surface area (Å²) in [7, 11) is -3.27. The Labute approximate surface area is 126 Å². The summed E-state index contributed by atoms with van der Waals surface area (Å²) in [6, 6.07) is 7.30. The molecule has 21 heavy (non-hydrogen) atoms. The zero-order valence-electron chi connectivity index (χ0n) is 12.5. The van der Waals surface area contributed by atoms with Crippen LogP contribution in [0, 0.1) is 0 Å². The number of hydrogen-bond acceptors (Lipinski definition) is 3. The molecule has 0 unspecified atom stereocenters. The number of carbonyl (C=O) groups excluding carboxylic acids is 1. The number of nitrogens with one attached hydrogen (secondary N) is 1. The lowest BCUT2D eigenvalue weighted by molar-refractivity contribution is -0.118. The summed E-state index contributed by atoms with van der Waals surface area (Å²) in [5, 5.41) is 0. The van der Waals surface area contributed by atoms with Gasteiger partial charge in [-0.1, -0.05) is 13.3 Å². The van der Waals surface area contributed by atoms with E-state index in [1.807, 2.05) is 4.90 Å². The molecule has 0 heterocycles. The van der Waals surface area contributed by atoms with Gasteiger partial charge in [-0.3, -0.25) is 9.52 Å². The van der Waals surface area contributed by atoms with Crippen LogP contribution in [0.1, 0.15) is 39.0 Å². The highest BCUT2D eigenvalue weighted by atomic mass is 32.2. The summed E-state index contributed by atoms with van der Waals surface area (Å²) in [4.78, 5) is 14.2. The summed E-state index contributed by atoms with van der Waals surface area (Å²) >= 11 is 0. The van der Waals surface area contributed by atoms with Crippen LogP contribution in [-0.2, 0) is 14.8 Å². The van der Waals surface area contributed by atoms with Crippen molar-refractivity contribution in [2.75, 3.05) is 15.9 Å². The van der Waals surface area contributed by atoms with Gasteiger partial charge in [0.2, 0.25) is 15.9 Å². The van der Waals surface area contributed by atoms with Crippen molar-refractivity contribution in [2.45, 2.75) is 45.1 Å². The second kappa shape index (κ2) is 6.47. The molecular weight excluding hydrogens is 288 g/mol. The van der Waals surface area contributed by atoms with Gasteiger partial charge in [0.1, 0.15) is 0 Å². The second-order valence-corrected chi connectivity index (χ2v) is 7.27. The van der Waals surface area contributed by atoms with E-state index in [0.29, 0.717) is 18.2 Å². The molecule has 1 aromatic rings. The number of carbonyl (C=O) groups is 1. The zero-order chi connectivity index (χ0) is 15.5. The van der Waals surface area contributed by atoms with Gasteiger partial charge in [0.05, 0.1) is 6.26 Å². The molecule has 6 heteroatoms. The molecule has 0 atom stereocenters. The molecule has 2 rings (SSSR count). The van der Waals surface area contributed by atoms with Crippen LogP contribution >= 0.6 is 0 Å². The van der Waals surface area contributed by atoms with Crippen LogP contribution in [0.2, 0.25) is 0 Å². The third kappa shape index (κ3) is 4.74. The number of anilines is 2. The lowest BCUT2D eigenvalue weighted by Gasteiger charge is -2.23. The quantitative estimate of drug-likeness (QED) is 0.842. The fraction of sp³-hybridized carbons (Fsp3) is 0.533. The molecule has 1 fully saturated rings. The molecule has 0 radical (unpaired) electrons. The molecule has 0 aliphatic heterocycles. The molecule has 1 saturated carbocycles. The summed E-state index contributed by atoms with van der Waals surface area (Å²) in [5.41, 5.74) is 1.36. The number of amides is 1. The summed E-state index contributed by atoms with van der Waals surface area (Å²) in [6.45, 7) is 2.07. The van der Waals surface area contributed by atoms with Crippen LogP contribution in [-0.4, -0.2) is 26.6 Å². The van der Waals surface area contributed by atoms with Gasteiger partial charge in [0.15, 0.2) is 0 Å². The molecule has 1 amide bonds. The third-order valence-corrected chi connectivity index (χ3v) is 3.98. The minimum absolute atomic E-state index is 0.156. The molecule has 1 aliphatic rings. The van der Waals surface area contributed by atoms with E-state index in [4.69, 9.17) is 0 Å². The predicted octanol–water partition coefficient (Wildman–Crippen LogP) is 2.74. The van der Waals surface area contributed by atoms with E-state index in [1.54, 1.807) is 24.3 Å². The Bertz CT molecular complexity index is 592. The Morgan fingerprint density at radius 2 is 1.90 bits per heavy atom. The van der Waals surface area contributed by atoms with Crippen LogP contribution in [0.4, 0.5) is 11.4 Å². The molecule has 0 bridgehead atoms. The molecule has 1 aliphatic carbocycles. The molecule has 116 valence electrons. The van der Waals surface area contributed by atoms with E-state index < -0.39 is 10.0 Å². The molecular formula is C15H22N2O3S. The van der Waals surface area contributed by atoms with E-state index in [-0.39, 0.29) is 5.91 Å². The van der Waals surface area contributed by atoms with Crippen LogP contribution < -0.4 is 9.62 Å². The minimum atomic E-state index is -3.27. The average Bonchev–Trinajstić information content (AvgIpc) is 3.21. The Balaban J connectivity index is 2.12. The topological polar surface area (TPSA) is 66.5 Å². The van der Waals surface area contributed by atoms with Crippen molar-refractivity contribution in [2.24, 2.45) is 0 Å². The highest BCUT2D eigenvalue weighted by Crippen LogP contribution is 2.33. The van der Waals surface area contributed by atoms with Crippen LogP contribution in [0.15, 0.2) is 24.3 Å². The number of benzene rings is 1. The maximum absolute atomic E-state index is 12.3. The van der Waals surface area contributed by atoms with Crippen molar-refractivity contribution in [1.29, 1.82) is 0 Å². The van der Waals surface area contributed by atoms with Gasteiger partial charge in [0, 0.05) is 23.8 Å². The van der Waals surface area contributed by atoms with Crippen molar-refractivity contribution in [3.63, 3.8) is 0 Å². The van der Waals surface area contributed by atoms with Gasteiger partial charge in [-0.15, -0.1) is 0 Å². The Kier molecular flexibility index (Phi) is 4.88. The lowest BCUT2D eigenvalue weighted by Crippen LogP contribution is -2.32. The predicted molar refractivity (Wildman–Crippen MR) is 84.9 cm³/mol. The molecule has 0 saturated heterocycles. The standard InChI is InChI=1S/C15H22N2O3S/c1-3-4-5-15(18)17(14-10-11-14)13-8-6-12(7-9-13)16-21(2,19)20/h6-9,14,16H,3-5,10-11H2,1-2H3. The van der Waals surface area contributed by atoms with E-state index in [1.165, 1.54) is 0 Å². The van der Waals surface area contributed by atoms with E-state index >= 15 is 0 Å².